The number of anilines is 1. The van der Waals surface area contributed by atoms with Gasteiger partial charge < -0.3 is 42.5 Å². The zero-order valence-electron chi connectivity index (χ0n) is 31.1. The van der Waals surface area contributed by atoms with Crippen molar-refractivity contribution in [2.45, 2.75) is 84.3 Å². The van der Waals surface area contributed by atoms with Crippen molar-refractivity contribution in [1.29, 1.82) is 0 Å². The molecular formula is C38H51N9O7. The highest BCUT2D eigenvalue weighted by Gasteiger charge is 2.30. The number of unbranched alkanes of at least 4 members (excludes halogenated alkanes) is 1. The first-order valence-electron chi connectivity index (χ1n) is 18.0. The third-order valence-corrected chi connectivity index (χ3v) is 8.68. The molecule has 0 aromatic heterocycles. The molecular weight excluding hydrogens is 694 g/mol. The quantitative estimate of drug-likeness (QED) is 0.0532. The van der Waals surface area contributed by atoms with Crippen molar-refractivity contribution in [1.82, 2.24) is 21.3 Å². The van der Waals surface area contributed by atoms with Gasteiger partial charge in [0.2, 0.25) is 23.6 Å². The van der Waals surface area contributed by atoms with Crippen LogP contribution < -0.4 is 37.7 Å². The summed E-state index contributed by atoms with van der Waals surface area (Å²) in [6.45, 7) is 5.28. The Hall–Kier alpha value is -5.93. The van der Waals surface area contributed by atoms with Crippen molar-refractivity contribution in [2.24, 2.45) is 27.6 Å². The summed E-state index contributed by atoms with van der Waals surface area (Å²) in [6, 6.07) is 11.9. The standard InChI is InChI=1S/C38H51N9O7/c1-24(2)34(37(53)44-27(23-48)12-10-19-42-38(39)54)45-32(51)21-43-35-29-14-6-7-15-30(29)47(22-26-11-4-5-13-28(26)36(35)46-40)33(52)17-9-8-16-31(50)41-20-18-25(3)49/h4-7,11,13-15,23-24,27,34H,8-10,12,16-22,40H2,1-3H3,(H,41,50)(H,44,53)(H,45,51)(H3,39,42,54)/t27-,34-/m0/s1. The van der Waals surface area contributed by atoms with Gasteiger partial charge in [-0.2, -0.15) is 5.10 Å². The van der Waals surface area contributed by atoms with Gasteiger partial charge in [-0.25, -0.2) is 4.79 Å². The van der Waals surface area contributed by atoms with Gasteiger partial charge in [-0.05, 0) is 50.2 Å². The first-order valence-corrected chi connectivity index (χ1v) is 18.0. The number of carbonyl (C=O) groups is 7. The monoisotopic (exact) mass is 745 g/mol. The minimum absolute atomic E-state index is 0.00652. The predicted molar refractivity (Wildman–Crippen MR) is 205 cm³/mol. The second-order valence-corrected chi connectivity index (χ2v) is 13.3. The summed E-state index contributed by atoms with van der Waals surface area (Å²) in [5.74, 6) is 4.15. The number of hydrogen-bond acceptors (Lipinski definition) is 10. The molecule has 54 heavy (non-hydrogen) atoms. The van der Waals surface area contributed by atoms with Gasteiger partial charge >= 0.3 is 6.03 Å². The molecule has 0 spiro atoms. The molecule has 0 unspecified atom stereocenters. The first kappa shape index (κ1) is 42.5. The summed E-state index contributed by atoms with van der Waals surface area (Å²) in [5, 5.41) is 14.6. The van der Waals surface area contributed by atoms with E-state index in [1.807, 2.05) is 24.3 Å². The largest absolute Gasteiger partial charge is 0.356 e. The number of hydrazone groups is 1. The summed E-state index contributed by atoms with van der Waals surface area (Å²) in [7, 11) is 0. The number of rotatable bonds is 19. The Morgan fingerprint density at radius 3 is 2.19 bits per heavy atom. The molecule has 2 aromatic rings. The number of amides is 6. The number of urea groups is 1. The number of aliphatic imine (C=N–C) groups is 1. The van der Waals surface area contributed by atoms with E-state index in [1.54, 1.807) is 43.0 Å². The van der Waals surface area contributed by atoms with Crippen LogP contribution in [0.5, 0.6) is 0 Å². The fraction of sp³-hybridized carbons (Fsp3) is 0.447. The Balaban J connectivity index is 1.82. The summed E-state index contributed by atoms with van der Waals surface area (Å²) in [5.41, 5.74) is 8.07. The highest BCUT2D eigenvalue weighted by molar-refractivity contribution is 6.55. The average molecular weight is 746 g/mol. The summed E-state index contributed by atoms with van der Waals surface area (Å²) in [6.07, 6.45) is 2.85. The first-order chi connectivity index (χ1) is 25.9. The molecule has 0 fully saturated rings. The number of aldehydes is 1. The van der Waals surface area contributed by atoms with Gasteiger partial charge in [0.25, 0.3) is 0 Å². The zero-order valence-corrected chi connectivity index (χ0v) is 31.1. The van der Waals surface area contributed by atoms with Crippen LogP contribution >= 0.6 is 0 Å². The van der Waals surface area contributed by atoms with Crippen molar-refractivity contribution in [3.05, 3.63) is 65.2 Å². The second-order valence-electron chi connectivity index (χ2n) is 13.3. The Labute approximate surface area is 315 Å². The lowest BCUT2D eigenvalue weighted by Gasteiger charge is -2.30. The lowest BCUT2D eigenvalue weighted by molar-refractivity contribution is -0.130. The van der Waals surface area contributed by atoms with Crippen LogP contribution in [0.25, 0.3) is 0 Å². The van der Waals surface area contributed by atoms with Crippen LogP contribution in [-0.4, -0.2) is 84.9 Å². The third-order valence-electron chi connectivity index (χ3n) is 8.68. The van der Waals surface area contributed by atoms with Gasteiger partial charge in [0.15, 0.2) is 0 Å². The molecule has 0 radical (unpaired) electrons. The van der Waals surface area contributed by atoms with Crippen molar-refractivity contribution in [3.8, 4) is 0 Å². The third kappa shape index (κ3) is 12.9. The number of hydrogen-bond donors (Lipinski definition) is 6. The lowest BCUT2D eigenvalue weighted by Crippen LogP contribution is -2.53. The van der Waals surface area contributed by atoms with Crippen LogP contribution in [0.15, 0.2) is 58.6 Å². The molecule has 2 aromatic carbocycles. The van der Waals surface area contributed by atoms with Gasteiger partial charge in [0, 0.05) is 43.5 Å². The summed E-state index contributed by atoms with van der Waals surface area (Å²) >= 11 is 0. The number of Topliss-reactive ketones (excluding diaryl/α,β-unsaturated/α-hetero) is 1. The van der Waals surface area contributed by atoms with Gasteiger partial charge in [0.1, 0.15) is 30.4 Å². The van der Waals surface area contributed by atoms with Crippen LogP contribution in [0.2, 0.25) is 0 Å². The number of nitrogens with zero attached hydrogens (tertiary/aromatic N) is 3. The van der Waals surface area contributed by atoms with Crippen LogP contribution in [0.4, 0.5) is 10.5 Å². The van der Waals surface area contributed by atoms with E-state index in [-0.39, 0.29) is 74.5 Å². The zero-order chi connectivity index (χ0) is 39.6. The van der Waals surface area contributed by atoms with Gasteiger partial charge in [-0.15, -0.1) is 0 Å². The molecule has 16 heteroatoms. The number of nitrogens with two attached hydrogens (primary N) is 2. The van der Waals surface area contributed by atoms with E-state index in [2.05, 4.69) is 31.4 Å². The molecule has 2 atom stereocenters. The predicted octanol–water partition coefficient (Wildman–Crippen LogP) is 1.61. The lowest BCUT2D eigenvalue weighted by atomic mass is 9.91. The number of nitrogens with one attached hydrogen (secondary N) is 4. The van der Waals surface area contributed by atoms with Gasteiger partial charge in [0.05, 0.1) is 24.0 Å². The normalized spacial score (nSPS) is 14.9. The van der Waals surface area contributed by atoms with E-state index in [1.165, 1.54) is 6.92 Å². The average Bonchev–Trinajstić information content (AvgIpc) is 3.13. The molecule has 3 rings (SSSR count). The molecule has 0 saturated heterocycles. The molecule has 1 aliphatic rings. The van der Waals surface area contributed by atoms with E-state index in [0.29, 0.717) is 48.1 Å². The fourth-order valence-corrected chi connectivity index (χ4v) is 5.87. The Kier molecular flexibility index (Phi) is 17.0. The minimum Gasteiger partial charge on any atom is -0.356 e. The fourth-order valence-electron chi connectivity index (χ4n) is 5.87. The highest BCUT2D eigenvalue weighted by Crippen LogP contribution is 2.30. The maximum atomic E-state index is 13.8. The molecule has 0 aliphatic carbocycles. The number of para-hydroxylation sites is 1. The molecule has 1 heterocycles. The van der Waals surface area contributed by atoms with E-state index in [4.69, 9.17) is 11.6 Å². The maximum absolute atomic E-state index is 13.8. The van der Waals surface area contributed by atoms with Crippen molar-refractivity contribution in [3.63, 3.8) is 0 Å². The van der Waals surface area contributed by atoms with E-state index < -0.39 is 36.5 Å². The van der Waals surface area contributed by atoms with E-state index in [0.717, 1.165) is 5.56 Å². The topological polar surface area (TPSA) is 248 Å². The number of benzene rings is 2. The van der Waals surface area contributed by atoms with Crippen LogP contribution in [0.3, 0.4) is 0 Å². The SMILES string of the molecule is CC(=O)CCNC(=O)CCCCC(=O)N1Cc2ccccc2C(=NN)C(=NCC(=O)N[C@H](C(=O)N[C@H](C=O)CCCNC(N)=O)C(C)C)c2ccccc21. The minimum atomic E-state index is -0.989. The smallest absolute Gasteiger partial charge is 0.312 e. The Morgan fingerprint density at radius 1 is 0.833 bits per heavy atom. The van der Waals surface area contributed by atoms with Gasteiger partial charge in [-0.1, -0.05) is 56.3 Å². The highest BCUT2D eigenvalue weighted by atomic mass is 16.2. The molecule has 0 bridgehead atoms. The number of fused-ring (bicyclic) bond motifs is 2. The molecule has 8 N–H and O–H groups in total. The summed E-state index contributed by atoms with van der Waals surface area (Å²) < 4.78 is 0. The van der Waals surface area contributed by atoms with E-state index in [9.17, 15) is 33.6 Å². The molecule has 6 amide bonds. The number of ketones is 1. The Morgan fingerprint density at radius 2 is 1.52 bits per heavy atom. The number of carbonyl (C=O) groups excluding carboxylic acids is 7. The molecule has 1 aliphatic heterocycles. The molecule has 290 valence electrons. The summed E-state index contributed by atoms with van der Waals surface area (Å²) in [4.78, 5) is 92.7. The van der Waals surface area contributed by atoms with Crippen LogP contribution in [-0.2, 0) is 35.3 Å². The van der Waals surface area contributed by atoms with Crippen LogP contribution in [0.1, 0.15) is 82.4 Å². The molecule has 16 nitrogen and oxygen atoms in total. The Bertz CT molecular complexity index is 1740. The van der Waals surface area contributed by atoms with Crippen molar-refractivity contribution >= 4 is 58.8 Å². The molecule has 0 saturated carbocycles. The maximum Gasteiger partial charge on any atom is 0.312 e. The second kappa shape index (κ2) is 21.6. The van der Waals surface area contributed by atoms with E-state index >= 15 is 0 Å². The van der Waals surface area contributed by atoms with Crippen molar-refractivity contribution in [2.75, 3.05) is 24.5 Å². The van der Waals surface area contributed by atoms with Crippen molar-refractivity contribution < 1.29 is 33.6 Å². The van der Waals surface area contributed by atoms with Gasteiger partial charge in [-0.3, -0.25) is 29.0 Å². The van der Waals surface area contributed by atoms with Crippen LogP contribution in [0, 0.1) is 5.92 Å². The number of primary amides is 1.